The third-order valence-corrected chi connectivity index (χ3v) is 3.20. The van der Waals surface area contributed by atoms with Gasteiger partial charge in [0.2, 0.25) is 0 Å². The third-order valence-electron chi connectivity index (χ3n) is 3.20. The fourth-order valence-corrected chi connectivity index (χ4v) is 2.14. The van der Waals surface area contributed by atoms with Crippen molar-refractivity contribution < 1.29 is 14.3 Å². The van der Waals surface area contributed by atoms with Gasteiger partial charge in [-0.25, -0.2) is 4.79 Å². The topological polar surface area (TPSA) is 65.7 Å². The summed E-state index contributed by atoms with van der Waals surface area (Å²) >= 11 is 0. The second-order valence-corrected chi connectivity index (χ2v) is 4.42. The van der Waals surface area contributed by atoms with Crippen LogP contribution in [0.15, 0.2) is 22.8 Å². The van der Waals surface area contributed by atoms with Crippen molar-refractivity contribution in [1.29, 1.82) is 0 Å². The molecule has 94 valence electrons. The van der Waals surface area contributed by atoms with Gasteiger partial charge >= 0.3 is 6.09 Å². The zero-order valence-corrected chi connectivity index (χ0v) is 9.76. The quantitative estimate of drug-likeness (QED) is 0.838. The summed E-state index contributed by atoms with van der Waals surface area (Å²) in [6, 6.07) is 3.82. The van der Waals surface area contributed by atoms with Crippen LogP contribution >= 0.6 is 0 Å². The molecule has 1 fully saturated rings. The van der Waals surface area contributed by atoms with Crippen LogP contribution in [-0.4, -0.2) is 35.7 Å². The van der Waals surface area contributed by atoms with Crippen LogP contribution in [0.4, 0.5) is 4.79 Å². The number of nitrogens with one attached hydrogen (secondary N) is 1. The largest absolute Gasteiger partial charge is 0.468 e. The molecule has 0 unspecified atom stereocenters. The van der Waals surface area contributed by atoms with Gasteiger partial charge in [0.05, 0.1) is 12.8 Å². The molecule has 0 spiro atoms. The number of furan rings is 1. The molecular formula is C12H18N2O3. The summed E-state index contributed by atoms with van der Waals surface area (Å²) < 4.78 is 5.22. The predicted molar refractivity (Wildman–Crippen MR) is 62.7 cm³/mol. The molecule has 0 radical (unpaired) electrons. The van der Waals surface area contributed by atoms with E-state index in [1.165, 1.54) is 4.90 Å². The highest BCUT2D eigenvalue weighted by Crippen LogP contribution is 2.16. The second-order valence-electron chi connectivity index (χ2n) is 4.42. The molecule has 0 aromatic carbocycles. The van der Waals surface area contributed by atoms with Crippen LogP contribution < -0.4 is 5.32 Å². The number of carboxylic acid groups (broad SMARTS) is 1. The lowest BCUT2D eigenvalue weighted by Gasteiger charge is -2.29. The monoisotopic (exact) mass is 238 g/mol. The van der Waals surface area contributed by atoms with Gasteiger partial charge in [-0.1, -0.05) is 0 Å². The van der Waals surface area contributed by atoms with Gasteiger partial charge in [-0.3, -0.25) is 0 Å². The summed E-state index contributed by atoms with van der Waals surface area (Å²) in [4.78, 5) is 12.2. The summed E-state index contributed by atoms with van der Waals surface area (Å²) in [7, 11) is 0. The van der Waals surface area contributed by atoms with E-state index in [1.54, 1.807) is 6.26 Å². The van der Waals surface area contributed by atoms with Crippen molar-refractivity contribution in [2.45, 2.75) is 19.4 Å². The number of nitrogens with zero attached hydrogens (tertiary/aromatic N) is 1. The van der Waals surface area contributed by atoms with Gasteiger partial charge in [-0.15, -0.1) is 0 Å². The molecular weight excluding hydrogens is 220 g/mol. The van der Waals surface area contributed by atoms with E-state index in [0.29, 0.717) is 19.0 Å². The summed E-state index contributed by atoms with van der Waals surface area (Å²) in [5.41, 5.74) is 0. The minimum atomic E-state index is -0.799. The highest BCUT2D eigenvalue weighted by Gasteiger charge is 2.21. The molecule has 0 saturated carbocycles. The number of hydrogen-bond acceptors (Lipinski definition) is 3. The van der Waals surface area contributed by atoms with Crippen molar-refractivity contribution in [3.8, 4) is 0 Å². The Morgan fingerprint density at radius 2 is 2.29 bits per heavy atom. The number of piperidine rings is 1. The minimum absolute atomic E-state index is 0.570. The van der Waals surface area contributed by atoms with E-state index < -0.39 is 6.09 Å². The molecule has 1 aromatic heterocycles. The second kappa shape index (κ2) is 5.72. The first-order valence-electron chi connectivity index (χ1n) is 5.96. The first-order valence-corrected chi connectivity index (χ1v) is 5.96. The van der Waals surface area contributed by atoms with Crippen molar-refractivity contribution in [1.82, 2.24) is 10.2 Å². The van der Waals surface area contributed by atoms with E-state index in [1.807, 2.05) is 12.1 Å². The summed E-state index contributed by atoms with van der Waals surface area (Å²) in [5.74, 6) is 1.51. The number of carbonyl (C=O) groups is 1. The molecule has 17 heavy (non-hydrogen) atoms. The zero-order chi connectivity index (χ0) is 12.1. The molecule has 0 aliphatic carbocycles. The highest BCUT2D eigenvalue weighted by atomic mass is 16.4. The van der Waals surface area contributed by atoms with Crippen molar-refractivity contribution >= 4 is 6.09 Å². The Morgan fingerprint density at radius 1 is 1.53 bits per heavy atom. The number of rotatable bonds is 4. The zero-order valence-electron chi connectivity index (χ0n) is 9.76. The lowest BCUT2D eigenvalue weighted by Crippen LogP contribution is -2.39. The molecule has 5 heteroatoms. The molecule has 1 aromatic rings. The maximum Gasteiger partial charge on any atom is 0.407 e. The van der Waals surface area contributed by atoms with E-state index >= 15 is 0 Å². The molecule has 5 nitrogen and oxygen atoms in total. The lowest BCUT2D eigenvalue weighted by atomic mass is 9.97. The Kier molecular flexibility index (Phi) is 4.03. The molecule has 1 aliphatic rings. The maximum absolute atomic E-state index is 10.7. The first-order chi connectivity index (χ1) is 8.25. The van der Waals surface area contributed by atoms with Gasteiger partial charge in [0.1, 0.15) is 5.76 Å². The maximum atomic E-state index is 10.7. The van der Waals surface area contributed by atoms with Gasteiger partial charge in [0.25, 0.3) is 0 Å². The van der Waals surface area contributed by atoms with Crippen LogP contribution in [0.5, 0.6) is 0 Å². The van der Waals surface area contributed by atoms with E-state index in [2.05, 4.69) is 5.32 Å². The predicted octanol–water partition coefficient (Wildman–Crippen LogP) is 1.76. The fourth-order valence-electron chi connectivity index (χ4n) is 2.14. The number of likely N-dealkylation sites (tertiary alicyclic amines) is 1. The minimum Gasteiger partial charge on any atom is -0.468 e. The normalized spacial score (nSPS) is 17.3. The Balaban J connectivity index is 1.63. The molecule has 1 saturated heterocycles. The molecule has 1 amide bonds. The molecule has 0 bridgehead atoms. The van der Waals surface area contributed by atoms with E-state index in [0.717, 1.165) is 31.7 Å². The van der Waals surface area contributed by atoms with Crippen molar-refractivity contribution in [3.63, 3.8) is 0 Å². The number of amides is 1. The molecule has 1 aliphatic heterocycles. The average Bonchev–Trinajstić information content (AvgIpc) is 2.83. The lowest BCUT2D eigenvalue weighted by molar-refractivity contribution is 0.124. The Hall–Kier alpha value is -1.49. The SMILES string of the molecule is O=C(O)N1CCC(CNCc2ccco2)CC1. The van der Waals surface area contributed by atoms with E-state index in [4.69, 9.17) is 9.52 Å². The van der Waals surface area contributed by atoms with Crippen LogP contribution in [0, 0.1) is 5.92 Å². The standard InChI is InChI=1S/C12H18N2O3/c15-12(16)14-5-3-10(4-6-14)8-13-9-11-2-1-7-17-11/h1-2,7,10,13H,3-6,8-9H2,(H,15,16). The average molecular weight is 238 g/mol. The van der Waals surface area contributed by atoms with Crippen LogP contribution in [0.25, 0.3) is 0 Å². The smallest absolute Gasteiger partial charge is 0.407 e. The molecule has 0 atom stereocenters. The van der Waals surface area contributed by atoms with Gasteiger partial charge in [0, 0.05) is 13.1 Å². The van der Waals surface area contributed by atoms with Crippen LogP contribution in [0.3, 0.4) is 0 Å². The van der Waals surface area contributed by atoms with Crippen molar-refractivity contribution in [2.24, 2.45) is 5.92 Å². The first kappa shape index (κ1) is 12.0. The van der Waals surface area contributed by atoms with Crippen LogP contribution in [-0.2, 0) is 6.54 Å². The number of hydrogen-bond donors (Lipinski definition) is 2. The molecule has 2 heterocycles. The van der Waals surface area contributed by atoms with Gasteiger partial charge in [-0.05, 0) is 37.4 Å². The Labute approximate surface area is 100 Å². The fraction of sp³-hybridized carbons (Fsp3) is 0.583. The van der Waals surface area contributed by atoms with Crippen molar-refractivity contribution in [3.05, 3.63) is 24.2 Å². The Bertz CT molecular complexity index is 343. The highest BCUT2D eigenvalue weighted by molar-refractivity contribution is 5.64. The van der Waals surface area contributed by atoms with Gasteiger partial charge in [-0.2, -0.15) is 0 Å². The van der Waals surface area contributed by atoms with Gasteiger partial charge in [0.15, 0.2) is 0 Å². The molecule has 2 rings (SSSR count). The van der Waals surface area contributed by atoms with Crippen LogP contribution in [0.2, 0.25) is 0 Å². The van der Waals surface area contributed by atoms with E-state index in [-0.39, 0.29) is 0 Å². The van der Waals surface area contributed by atoms with Crippen LogP contribution in [0.1, 0.15) is 18.6 Å². The summed E-state index contributed by atoms with van der Waals surface area (Å²) in [5, 5.41) is 12.2. The van der Waals surface area contributed by atoms with Crippen molar-refractivity contribution in [2.75, 3.05) is 19.6 Å². The van der Waals surface area contributed by atoms with Gasteiger partial charge < -0.3 is 19.7 Å². The third kappa shape index (κ3) is 3.49. The van der Waals surface area contributed by atoms with E-state index in [9.17, 15) is 4.79 Å². The molecule has 2 N–H and O–H groups in total. The summed E-state index contributed by atoms with van der Waals surface area (Å²) in [6.45, 7) is 2.98. The summed E-state index contributed by atoms with van der Waals surface area (Å²) in [6.07, 6.45) is 2.75. The Morgan fingerprint density at radius 3 is 2.88 bits per heavy atom.